The van der Waals surface area contributed by atoms with Crippen molar-refractivity contribution < 1.29 is 22.7 Å². The molecule has 0 saturated carbocycles. The van der Waals surface area contributed by atoms with Crippen LogP contribution in [0.1, 0.15) is 32.6 Å². The van der Waals surface area contributed by atoms with E-state index in [1.54, 1.807) is 30.0 Å². The van der Waals surface area contributed by atoms with E-state index >= 15 is 0 Å². The average molecular weight is 482 g/mol. The highest BCUT2D eigenvalue weighted by Gasteiger charge is 2.35. The summed E-state index contributed by atoms with van der Waals surface area (Å²) in [4.78, 5) is 26.5. The van der Waals surface area contributed by atoms with Crippen LogP contribution >= 0.6 is 11.7 Å². The predicted molar refractivity (Wildman–Crippen MR) is 119 cm³/mol. The van der Waals surface area contributed by atoms with E-state index in [-0.39, 0.29) is 29.5 Å². The Kier molecular flexibility index (Phi) is 6.91. The van der Waals surface area contributed by atoms with E-state index in [0.29, 0.717) is 63.0 Å². The lowest BCUT2D eigenvalue weighted by molar-refractivity contribution is -0.127. The fraction of sp³-hybridized carbons (Fsp3) is 0.600. The molecule has 4 rings (SSSR count). The second-order valence-electron chi connectivity index (χ2n) is 8.06. The Balaban J connectivity index is 1.37. The quantitative estimate of drug-likeness (QED) is 0.691. The molecule has 0 aliphatic carbocycles. The van der Waals surface area contributed by atoms with Gasteiger partial charge >= 0.3 is 6.09 Å². The van der Waals surface area contributed by atoms with Crippen LogP contribution in [0.4, 0.5) is 4.79 Å². The van der Waals surface area contributed by atoms with Crippen molar-refractivity contribution >= 4 is 44.8 Å². The van der Waals surface area contributed by atoms with Gasteiger partial charge < -0.3 is 15.0 Å². The molecule has 0 bridgehead atoms. The smallest absolute Gasteiger partial charge is 0.409 e. The maximum absolute atomic E-state index is 13.3. The molecule has 0 radical (unpaired) electrons. The van der Waals surface area contributed by atoms with E-state index in [1.807, 2.05) is 0 Å². The molecule has 3 heterocycles. The second kappa shape index (κ2) is 9.67. The minimum atomic E-state index is -3.78. The van der Waals surface area contributed by atoms with Crippen molar-refractivity contribution in [1.82, 2.24) is 23.3 Å². The monoisotopic (exact) mass is 481 g/mol. The number of piperidine rings is 2. The molecule has 12 heteroatoms. The van der Waals surface area contributed by atoms with Gasteiger partial charge in [0.25, 0.3) is 0 Å². The zero-order valence-electron chi connectivity index (χ0n) is 17.9. The van der Waals surface area contributed by atoms with Crippen LogP contribution in [-0.2, 0) is 19.6 Å². The van der Waals surface area contributed by atoms with Crippen LogP contribution in [0, 0.1) is 5.92 Å². The zero-order chi connectivity index (χ0) is 22.7. The van der Waals surface area contributed by atoms with Crippen molar-refractivity contribution in [2.24, 2.45) is 5.92 Å². The number of ether oxygens (including phenoxy) is 1. The molecule has 1 aromatic carbocycles. The number of carbonyl (C=O) groups excluding carboxylic acids is 2. The molecule has 2 fully saturated rings. The van der Waals surface area contributed by atoms with Crippen LogP contribution in [0.3, 0.4) is 0 Å². The summed E-state index contributed by atoms with van der Waals surface area (Å²) in [7, 11) is -3.78. The summed E-state index contributed by atoms with van der Waals surface area (Å²) in [5.41, 5.74) is 0.925. The van der Waals surface area contributed by atoms with Crippen LogP contribution in [0.5, 0.6) is 0 Å². The summed E-state index contributed by atoms with van der Waals surface area (Å²) in [6, 6.07) is 4.90. The van der Waals surface area contributed by atoms with Gasteiger partial charge in [0.2, 0.25) is 15.9 Å². The highest BCUT2D eigenvalue weighted by atomic mass is 32.2. The predicted octanol–water partition coefficient (Wildman–Crippen LogP) is 1.83. The maximum atomic E-state index is 13.3. The van der Waals surface area contributed by atoms with Crippen LogP contribution < -0.4 is 5.32 Å². The summed E-state index contributed by atoms with van der Waals surface area (Å²) >= 11 is 0.980. The lowest BCUT2D eigenvalue weighted by Crippen LogP contribution is -2.50. The highest BCUT2D eigenvalue weighted by Crippen LogP contribution is 2.28. The number of benzene rings is 1. The number of rotatable bonds is 5. The van der Waals surface area contributed by atoms with Crippen LogP contribution in [0.2, 0.25) is 0 Å². The van der Waals surface area contributed by atoms with Crippen molar-refractivity contribution in [3.8, 4) is 0 Å². The molecule has 1 aromatic heterocycles. The lowest BCUT2D eigenvalue weighted by atomic mass is 9.97. The third-order valence-electron chi connectivity index (χ3n) is 5.99. The summed E-state index contributed by atoms with van der Waals surface area (Å²) < 4.78 is 41.3. The van der Waals surface area contributed by atoms with Gasteiger partial charge in [-0.3, -0.25) is 4.79 Å². The van der Waals surface area contributed by atoms with Gasteiger partial charge in [-0.1, -0.05) is 6.07 Å². The van der Waals surface area contributed by atoms with Crippen LogP contribution in [0.15, 0.2) is 23.1 Å². The van der Waals surface area contributed by atoms with Crippen molar-refractivity contribution in [2.45, 2.75) is 43.5 Å². The number of hydrogen-bond acceptors (Lipinski definition) is 8. The number of amides is 2. The van der Waals surface area contributed by atoms with Crippen molar-refractivity contribution in [3.63, 3.8) is 0 Å². The minimum absolute atomic E-state index is 0.0324. The Morgan fingerprint density at radius 1 is 1.19 bits per heavy atom. The van der Waals surface area contributed by atoms with Crippen LogP contribution in [0.25, 0.3) is 11.0 Å². The van der Waals surface area contributed by atoms with Gasteiger partial charge in [-0.25, -0.2) is 13.2 Å². The topological polar surface area (TPSA) is 122 Å². The zero-order valence-corrected chi connectivity index (χ0v) is 19.5. The molecule has 2 aliphatic rings. The number of carbonyl (C=O) groups is 2. The molecular weight excluding hydrogens is 454 g/mol. The summed E-state index contributed by atoms with van der Waals surface area (Å²) in [6.45, 7) is 3.68. The van der Waals surface area contributed by atoms with Gasteiger partial charge in [0, 0.05) is 32.2 Å². The molecule has 1 N–H and O–H groups in total. The molecule has 10 nitrogen and oxygen atoms in total. The van der Waals surface area contributed by atoms with Gasteiger partial charge in [-0.2, -0.15) is 13.1 Å². The fourth-order valence-electron chi connectivity index (χ4n) is 4.24. The summed E-state index contributed by atoms with van der Waals surface area (Å²) in [5, 5.41) is 3.06. The number of sulfonamides is 1. The van der Waals surface area contributed by atoms with Gasteiger partial charge in [-0.05, 0) is 44.7 Å². The Morgan fingerprint density at radius 3 is 2.72 bits per heavy atom. The Bertz CT molecular complexity index is 1080. The first-order chi connectivity index (χ1) is 15.4. The molecule has 2 aliphatic heterocycles. The molecule has 2 saturated heterocycles. The Morgan fingerprint density at radius 2 is 1.97 bits per heavy atom. The summed E-state index contributed by atoms with van der Waals surface area (Å²) in [6.07, 6.45) is 2.23. The lowest BCUT2D eigenvalue weighted by Gasteiger charge is -2.34. The second-order valence-corrected chi connectivity index (χ2v) is 10.5. The molecule has 2 amide bonds. The molecular formula is C20H27N5O5S2. The summed E-state index contributed by atoms with van der Waals surface area (Å²) in [5.74, 6) is -0.539. The van der Waals surface area contributed by atoms with E-state index in [0.717, 1.165) is 11.7 Å². The number of likely N-dealkylation sites (tertiary alicyclic amines) is 1. The normalized spacial score (nSPS) is 20.9. The Hall–Kier alpha value is -2.31. The van der Waals surface area contributed by atoms with Gasteiger partial charge in [0.1, 0.15) is 15.9 Å². The number of nitrogens with one attached hydrogen (secondary N) is 1. The van der Waals surface area contributed by atoms with Crippen molar-refractivity contribution in [3.05, 3.63) is 18.2 Å². The number of fused-ring (bicyclic) bond motifs is 1. The third kappa shape index (κ3) is 4.71. The number of nitrogens with zero attached hydrogens (tertiary/aromatic N) is 4. The standard InChI is InChI=1S/C20H27N5O5S2/c1-2-30-20(27)24-11-8-15(9-12-24)21-19(26)14-5-4-10-25(13-14)32(28,29)17-7-3-6-16-18(17)23-31-22-16/h3,6-7,14-15H,2,4-5,8-13H2,1H3,(H,21,26)/t14-/m1/s1. The molecule has 0 spiro atoms. The van der Waals surface area contributed by atoms with Gasteiger partial charge in [0.05, 0.1) is 24.3 Å². The SMILES string of the molecule is CCOC(=O)N1CCC(NC(=O)[C@@H]2CCCN(S(=O)(=O)c3cccc4nsnc34)C2)CC1. The average Bonchev–Trinajstić information content (AvgIpc) is 3.28. The first kappa shape index (κ1) is 22.9. The number of hydrogen-bond donors (Lipinski definition) is 1. The third-order valence-corrected chi connectivity index (χ3v) is 8.43. The fourth-order valence-corrected chi connectivity index (χ4v) is 6.52. The van der Waals surface area contributed by atoms with E-state index in [9.17, 15) is 18.0 Å². The molecule has 174 valence electrons. The molecule has 2 aromatic rings. The van der Waals surface area contributed by atoms with Gasteiger partial charge in [0.15, 0.2) is 0 Å². The van der Waals surface area contributed by atoms with E-state index < -0.39 is 15.9 Å². The maximum Gasteiger partial charge on any atom is 0.409 e. The minimum Gasteiger partial charge on any atom is -0.450 e. The van der Waals surface area contributed by atoms with Crippen molar-refractivity contribution in [1.29, 1.82) is 0 Å². The first-order valence-corrected chi connectivity index (χ1v) is 13.0. The molecule has 32 heavy (non-hydrogen) atoms. The Labute approximate surface area is 191 Å². The van der Waals surface area contributed by atoms with E-state index in [4.69, 9.17) is 4.74 Å². The highest BCUT2D eigenvalue weighted by molar-refractivity contribution is 7.89. The van der Waals surface area contributed by atoms with E-state index in [2.05, 4.69) is 14.1 Å². The largest absolute Gasteiger partial charge is 0.450 e. The van der Waals surface area contributed by atoms with Crippen molar-refractivity contribution in [2.75, 3.05) is 32.8 Å². The van der Waals surface area contributed by atoms with Gasteiger partial charge in [-0.15, -0.1) is 0 Å². The first-order valence-electron chi connectivity index (χ1n) is 10.8. The number of aromatic nitrogens is 2. The van der Waals surface area contributed by atoms with Crippen LogP contribution in [-0.4, -0.2) is 77.2 Å². The molecule has 0 unspecified atom stereocenters. The molecule has 1 atom stereocenters. The van der Waals surface area contributed by atoms with E-state index in [1.165, 1.54) is 4.31 Å².